The van der Waals surface area contributed by atoms with Crippen molar-refractivity contribution in [2.45, 2.75) is 40.2 Å². The highest BCUT2D eigenvalue weighted by atomic mass is 15.1. The number of rotatable bonds is 7. The molecule has 0 aromatic carbocycles. The van der Waals surface area contributed by atoms with Crippen LogP contribution in [0.25, 0.3) is 0 Å². The predicted molar refractivity (Wildman–Crippen MR) is 86.5 cm³/mol. The standard InChI is InChI=1S/C16H23N5/c1-4-7-18-15-14(5-2)16(21-11-20-15)19-10-13-6-8-17-9-12(13)3/h6,8-9,11H,4-5,7,10H2,1-3H3,(H2,18,19,20,21). The van der Waals surface area contributed by atoms with E-state index in [0.717, 1.165) is 43.1 Å². The summed E-state index contributed by atoms with van der Waals surface area (Å²) >= 11 is 0. The zero-order valence-electron chi connectivity index (χ0n) is 13.0. The average Bonchev–Trinajstić information content (AvgIpc) is 2.52. The number of nitrogens with zero attached hydrogens (tertiary/aromatic N) is 3. The number of hydrogen-bond acceptors (Lipinski definition) is 5. The number of hydrogen-bond donors (Lipinski definition) is 2. The van der Waals surface area contributed by atoms with Crippen LogP contribution in [0.15, 0.2) is 24.8 Å². The normalized spacial score (nSPS) is 10.4. The van der Waals surface area contributed by atoms with Crippen molar-refractivity contribution in [3.63, 3.8) is 0 Å². The van der Waals surface area contributed by atoms with Crippen LogP contribution in [-0.4, -0.2) is 21.5 Å². The molecule has 0 aliphatic carbocycles. The molecule has 0 aliphatic rings. The van der Waals surface area contributed by atoms with Crippen LogP contribution in [0.2, 0.25) is 0 Å². The topological polar surface area (TPSA) is 62.7 Å². The summed E-state index contributed by atoms with van der Waals surface area (Å²) < 4.78 is 0. The number of pyridine rings is 1. The first-order chi connectivity index (χ1) is 10.3. The minimum atomic E-state index is 0.742. The maximum absolute atomic E-state index is 4.39. The second-order valence-electron chi connectivity index (χ2n) is 4.99. The van der Waals surface area contributed by atoms with Crippen LogP contribution >= 0.6 is 0 Å². The lowest BCUT2D eigenvalue weighted by molar-refractivity contribution is 0.943. The van der Waals surface area contributed by atoms with Crippen molar-refractivity contribution in [1.82, 2.24) is 15.0 Å². The molecular formula is C16H23N5. The van der Waals surface area contributed by atoms with Gasteiger partial charge in [0.05, 0.1) is 0 Å². The summed E-state index contributed by atoms with van der Waals surface area (Å²) in [4.78, 5) is 12.9. The molecule has 2 heterocycles. The molecule has 0 radical (unpaired) electrons. The van der Waals surface area contributed by atoms with E-state index in [1.165, 1.54) is 11.1 Å². The summed E-state index contributed by atoms with van der Waals surface area (Å²) in [5.41, 5.74) is 3.55. The maximum Gasteiger partial charge on any atom is 0.134 e. The Morgan fingerprint density at radius 3 is 2.52 bits per heavy atom. The Kier molecular flexibility index (Phi) is 5.49. The zero-order valence-corrected chi connectivity index (χ0v) is 13.0. The molecule has 0 aliphatic heterocycles. The van der Waals surface area contributed by atoms with Crippen LogP contribution < -0.4 is 10.6 Å². The van der Waals surface area contributed by atoms with E-state index in [-0.39, 0.29) is 0 Å². The fraction of sp³-hybridized carbons (Fsp3) is 0.438. The van der Waals surface area contributed by atoms with Gasteiger partial charge in [-0.3, -0.25) is 4.98 Å². The van der Waals surface area contributed by atoms with Crippen molar-refractivity contribution in [2.75, 3.05) is 17.2 Å². The van der Waals surface area contributed by atoms with Gasteiger partial charge in [0.25, 0.3) is 0 Å². The Labute approximate surface area is 126 Å². The zero-order chi connectivity index (χ0) is 15.1. The van der Waals surface area contributed by atoms with Crippen LogP contribution in [0, 0.1) is 6.92 Å². The first kappa shape index (κ1) is 15.2. The van der Waals surface area contributed by atoms with E-state index in [1.54, 1.807) is 6.33 Å². The molecule has 0 fully saturated rings. The second kappa shape index (κ2) is 7.57. The Balaban J connectivity index is 2.14. The molecule has 0 bridgehead atoms. The van der Waals surface area contributed by atoms with Crippen LogP contribution in [0.4, 0.5) is 11.6 Å². The van der Waals surface area contributed by atoms with Gasteiger partial charge in [0.2, 0.25) is 0 Å². The number of aryl methyl sites for hydroxylation is 1. The number of aromatic nitrogens is 3. The van der Waals surface area contributed by atoms with Gasteiger partial charge in [0.1, 0.15) is 18.0 Å². The van der Waals surface area contributed by atoms with Gasteiger partial charge in [-0.05, 0) is 37.0 Å². The van der Waals surface area contributed by atoms with Crippen molar-refractivity contribution in [3.8, 4) is 0 Å². The van der Waals surface area contributed by atoms with Gasteiger partial charge in [-0.15, -0.1) is 0 Å². The van der Waals surface area contributed by atoms with E-state index in [9.17, 15) is 0 Å². The fourth-order valence-corrected chi connectivity index (χ4v) is 2.17. The molecule has 2 N–H and O–H groups in total. The molecule has 0 saturated heterocycles. The highest BCUT2D eigenvalue weighted by Gasteiger charge is 2.09. The largest absolute Gasteiger partial charge is 0.370 e. The van der Waals surface area contributed by atoms with Gasteiger partial charge in [-0.25, -0.2) is 9.97 Å². The van der Waals surface area contributed by atoms with Gasteiger partial charge in [0, 0.05) is 31.0 Å². The lowest BCUT2D eigenvalue weighted by Crippen LogP contribution is -2.11. The van der Waals surface area contributed by atoms with Crippen LogP contribution in [-0.2, 0) is 13.0 Å². The summed E-state index contributed by atoms with van der Waals surface area (Å²) in [6.45, 7) is 8.00. The molecule has 0 amide bonds. The molecular weight excluding hydrogens is 262 g/mol. The highest BCUT2D eigenvalue weighted by Crippen LogP contribution is 2.21. The second-order valence-corrected chi connectivity index (χ2v) is 4.99. The molecule has 0 unspecified atom stereocenters. The Morgan fingerprint density at radius 2 is 1.86 bits per heavy atom. The third kappa shape index (κ3) is 3.90. The monoisotopic (exact) mass is 285 g/mol. The van der Waals surface area contributed by atoms with Gasteiger partial charge < -0.3 is 10.6 Å². The molecule has 112 valence electrons. The third-order valence-electron chi connectivity index (χ3n) is 3.42. The van der Waals surface area contributed by atoms with Gasteiger partial charge in [-0.2, -0.15) is 0 Å². The molecule has 2 aromatic rings. The maximum atomic E-state index is 4.39. The van der Waals surface area contributed by atoms with E-state index in [4.69, 9.17) is 0 Å². The lowest BCUT2D eigenvalue weighted by atomic mass is 10.1. The van der Waals surface area contributed by atoms with Crippen molar-refractivity contribution in [1.29, 1.82) is 0 Å². The minimum Gasteiger partial charge on any atom is -0.370 e. The molecule has 0 spiro atoms. The summed E-state index contributed by atoms with van der Waals surface area (Å²) in [7, 11) is 0. The molecule has 0 saturated carbocycles. The SMILES string of the molecule is CCCNc1ncnc(NCc2ccncc2C)c1CC. The number of anilines is 2. The molecule has 2 rings (SSSR count). The Bertz CT molecular complexity index is 583. The predicted octanol–water partition coefficient (Wildman–Crippen LogP) is 3.18. The summed E-state index contributed by atoms with van der Waals surface area (Å²) in [6.07, 6.45) is 7.28. The average molecular weight is 285 g/mol. The first-order valence-corrected chi connectivity index (χ1v) is 7.47. The van der Waals surface area contributed by atoms with Crippen molar-refractivity contribution in [2.24, 2.45) is 0 Å². The van der Waals surface area contributed by atoms with E-state index in [1.807, 2.05) is 18.5 Å². The lowest BCUT2D eigenvalue weighted by Gasteiger charge is -2.14. The highest BCUT2D eigenvalue weighted by molar-refractivity contribution is 5.57. The van der Waals surface area contributed by atoms with Crippen LogP contribution in [0.1, 0.15) is 37.0 Å². The van der Waals surface area contributed by atoms with Crippen LogP contribution in [0.5, 0.6) is 0 Å². The quantitative estimate of drug-likeness (QED) is 0.818. The molecule has 5 nitrogen and oxygen atoms in total. The van der Waals surface area contributed by atoms with Crippen molar-refractivity contribution >= 4 is 11.6 Å². The fourth-order valence-electron chi connectivity index (χ4n) is 2.17. The Morgan fingerprint density at radius 1 is 1.10 bits per heavy atom. The molecule has 0 atom stereocenters. The number of nitrogens with one attached hydrogen (secondary N) is 2. The Hall–Kier alpha value is -2.17. The van der Waals surface area contributed by atoms with Gasteiger partial charge in [-0.1, -0.05) is 13.8 Å². The molecule has 5 heteroatoms. The van der Waals surface area contributed by atoms with Gasteiger partial charge >= 0.3 is 0 Å². The summed E-state index contributed by atoms with van der Waals surface area (Å²) in [6, 6.07) is 2.03. The summed E-state index contributed by atoms with van der Waals surface area (Å²) in [5, 5.41) is 6.78. The molecule has 21 heavy (non-hydrogen) atoms. The van der Waals surface area contributed by atoms with Crippen molar-refractivity contribution in [3.05, 3.63) is 41.5 Å². The minimum absolute atomic E-state index is 0.742. The van der Waals surface area contributed by atoms with Gasteiger partial charge in [0.15, 0.2) is 0 Å². The van der Waals surface area contributed by atoms with E-state index in [2.05, 4.69) is 46.4 Å². The summed E-state index contributed by atoms with van der Waals surface area (Å²) in [5.74, 6) is 1.84. The van der Waals surface area contributed by atoms with E-state index >= 15 is 0 Å². The third-order valence-corrected chi connectivity index (χ3v) is 3.42. The van der Waals surface area contributed by atoms with Crippen molar-refractivity contribution < 1.29 is 0 Å². The smallest absolute Gasteiger partial charge is 0.134 e. The van der Waals surface area contributed by atoms with Crippen LogP contribution in [0.3, 0.4) is 0 Å². The molecule has 2 aromatic heterocycles. The first-order valence-electron chi connectivity index (χ1n) is 7.47. The van der Waals surface area contributed by atoms with E-state index < -0.39 is 0 Å². The van der Waals surface area contributed by atoms with E-state index in [0.29, 0.717) is 0 Å².